The smallest absolute Gasteiger partial charge is 0.304 e. The van der Waals surface area contributed by atoms with Gasteiger partial charge in [-0.15, -0.1) is 0 Å². The number of carboxylic acid groups (broad SMARTS) is 1. The second-order valence-electron chi connectivity index (χ2n) is 4.97. The van der Waals surface area contributed by atoms with E-state index < -0.39 is 27.9 Å². The third-order valence-electron chi connectivity index (χ3n) is 3.43. The van der Waals surface area contributed by atoms with Crippen molar-refractivity contribution in [3.8, 4) is 0 Å². The number of piperidine rings is 1. The van der Waals surface area contributed by atoms with Crippen molar-refractivity contribution in [1.82, 2.24) is 4.31 Å². The number of benzene rings is 1. The van der Waals surface area contributed by atoms with E-state index in [-0.39, 0.29) is 22.9 Å². The fourth-order valence-corrected chi connectivity index (χ4v) is 4.55. The van der Waals surface area contributed by atoms with Gasteiger partial charge < -0.3 is 5.11 Å². The Kier molecular flexibility index (Phi) is 4.85. The first-order chi connectivity index (χ1) is 9.80. The van der Waals surface area contributed by atoms with Crippen molar-refractivity contribution in [3.63, 3.8) is 0 Å². The van der Waals surface area contributed by atoms with Crippen molar-refractivity contribution in [3.05, 3.63) is 29.0 Å². The predicted molar refractivity (Wildman–Crippen MR) is 75.2 cm³/mol. The van der Waals surface area contributed by atoms with Crippen LogP contribution in [0, 0.1) is 5.82 Å². The van der Waals surface area contributed by atoms with Gasteiger partial charge in [-0.3, -0.25) is 4.79 Å². The monoisotopic (exact) mass is 335 g/mol. The van der Waals surface area contributed by atoms with Crippen molar-refractivity contribution in [2.75, 3.05) is 6.54 Å². The van der Waals surface area contributed by atoms with Crippen molar-refractivity contribution >= 4 is 27.6 Å². The molecule has 1 unspecified atom stereocenters. The van der Waals surface area contributed by atoms with Gasteiger partial charge in [0.05, 0.1) is 11.3 Å². The van der Waals surface area contributed by atoms with Gasteiger partial charge in [-0.05, 0) is 31.0 Å². The fraction of sp³-hybridized carbons (Fsp3) is 0.462. The molecule has 1 heterocycles. The maximum Gasteiger partial charge on any atom is 0.304 e. The highest BCUT2D eigenvalue weighted by molar-refractivity contribution is 7.89. The molecule has 1 aromatic carbocycles. The SMILES string of the molecule is O=C(O)CC1CCCCN1S(=O)(=O)c1cc(F)cc(Cl)c1. The molecule has 1 fully saturated rings. The molecule has 1 aliphatic heterocycles. The quantitative estimate of drug-likeness (QED) is 0.917. The lowest BCUT2D eigenvalue weighted by Gasteiger charge is -2.33. The number of hydrogen-bond donors (Lipinski definition) is 1. The standard InChI is InChI=1S/C13H15ClFNO4S/c14-9-5-10(15)7-12(6-9)21(19,20)16-4-2-1-3-11(16)8-13(17)18/h5-7,11H,1-4,8H2,(H,17,18). The normalized spacial score (nSPS) is 20.4. The van der Waals surface area contributed by atoms with Gasteiger partial charge in [0.25, 0.3) is 0 Å². The summed E-state index contributed by atoms with van der Waals surface area (Å²) < 4.78 is 39.7. The van der Waals surface area contributed by atoms with Crippen LogP contribution < -0.4 is 0 Å². The molecular weight excluding hydrogens is 321 g/mol. The van der Waals surface area contributed by atoms with Crippen LogP contribution in [-0.4, -0.2) is 36.4 Å². The Labute approximate surface area is 127 Å². The highest BCUT2D eigenvalue weighted by Gasteiger charge is 2.34. The van der Waals surface area contributed by atoms with Crippen LogP contribution in [0.15, 0.2) is 23.1 Å². The van der Waals surface area contributed by atoms with Gasteiger partial charge in [-0.1, -0.05) is 18.0 Å². The van der Waals surface area contributed by atoms with Crippen molar-refractivity contribution < 1.29 is 22.7 Å². The lowest BCUT2D eigenvalue weighted by molar-refractivity contribution is -0.138. The zero-order chi connectivity index (χ0) is 15.6. The van der Waals surface area contributed by atoms with Gasteiger partial charge >= 0.3 is 5.97 Å². The summed E-state index contributed by atoms with van der Waals surface area (Å²) in [4.78, 5) is 10.6. The minimum absolute atomic E-state index is 0.0135. The molecule has 1 aliphatic rings. The molecule has 0 aromatic heterocycles. The minimum atomic E-state index is -3.96. The average Bonchev–Trinajstić information content (AvgIpc) is 2.37. The molecule has 0 saturated carbocycles. The number of carbonyl (C=O) groups is 1. The van der Waals surface area contributed by atoms with Crippen LogP contribution in [-0.2, 0) is 14.8 Å². The highest BCUT2D eigenvalue weighted by atomic mass is 35.5. The molecule has 1 atom stereocenters. The molecule has 21 heavy (non-hydrogen) atoms. The van der Waals surface area contributed by atoms with E-state index in [0.29, 0.717) is 12.8 Å². The number of carboxylic acids is 1. The summed E-state index contributed by atoms with van der Waals surface area (Å²) in [6.45, 7) is 0.231. The van der Waals surface area contributed by atoms with Crippen LogP contribution >= 0.6 is 11.6 Å². The third kappa shape index (κ3) is 3.72. The minimum Gasteiger partial charge on any atom is -0.481 e. The van der Waals surface area contributed by atoms with Crippen LogP contribution in [0.5, 0.6) is 0 Å². The van der Waals surface area contributed by atoms with Crippen LogP contribution in [0.3, 0.4) is 0 Å². The number of hydrogen-bond acceptors (Lipinski definition) is 3. The van der Waals surface area contributed by atoms with Gasteiger partial charge in [-0.2, -0.15) is 4.31 Å². The van der Waals surface area contributed by atoms with Gasteiger partial charge in [0.15, 0.2) is 0 Å². The molecule has 8 heteroatoms. The van der Waals surface area contributed by atoms with Gasteiger partial charge in [0.2, 0.25) is 10.0 Å². The number of rotatable bonds is 4. The zero-order valence-corrected chi connectivity index (χ0v) is 12.7. The van der Waals surface area contributed by atoms with E-state index in [1.54, 1.807) is 0 Å². The average molecular weight is 336 g/mol. The molecule has 2 rings (SSSR count). The molecule has 116 valence electrons. The zero-order valence-electron chi connectivity index (χ0n) is 11.1. The first-order valence-corrected chi connectivity index (χ1v) is 8.32. The summed E-state index contributed by atoms with van der Waals surface area (Å²) in [7, 11) is -3.96. The van der Waals surface area contributed by atoms with Crippen LogP contribution in [0.4, 0.5) is 4.39 Å². The van der Waals surface area contributed by atoms with Crippen molar-refractivity contribution in [2.24, 2.45) is 0 Å². The van der Waals surface area contributed by atoms with E-state index >= 15 is 0 Å². The van der Waals surface area contributed by atoms with E-state index in [1.807, 2.05) is 0 Å². The van der Waals surface area contributed by atoms with E-state index in [0.717, 1.165) is 22.9 Å². The Balaban J connectivity index is 2.37. The van der Waals surface area contributed by atoms with E-state index in [9.17, 15) is 17.6 Å². The topological polar surface area (TPSA) is 74.7 Å². The van der Waals surface area contributed by atoms with Gasteiger partial charge in [0, 0.05) is 17.6 Å². The molecule has 0 bridgehead atoms. The second kappa shape index (κ2) is 6.29. The number of nitrogens with zero attached hydrogens (tertiary/aromatic N) is 1. The van der Waals surface area contributed by atoms with E-state index in [2.05, 4.69) is 0 Å². The Hall–Kier alpha value is -1.18. The highest BCUT2D eigenvalue weighted by Crippen LogP contribution is 2.28. The molecule has 1 N–H and O–H groups in total. The summed E-state index contributed by atoms with van der Waals surface area (Å²) >= 11 is 5.70. The lowest BCUT2D eigenvalue weighted by Crippen LogP contribution is -2.44. The van der Waals surface area contributed by atoms with E-state index in [4.69, 9.17) is 16.7 Å². The molecule has 1 aromatic rings. The Morgan fingerprint density at radius 1 is 1.38 bits per heavy atom. The van der Waals surface area contributed by atoms with Gasteiger partial charge in [-0.25, -0.2) is 12.8 Å². The van der Waals surface area contributed by atoms with E-state index in [1.165, 1.54) is 6.07 Å². The largest absolute Gasteiger partial charge is 0.481 e. The summed E-state index contributed by atoms with van der Waals surface area (Å²) in [5, 5.41) is 8.89. The summed E-state index contributed by atoms with van der Waals surface area (Å²) in [6, 6.07) is 2.48. The summed E-state index contributed by atoms with van der Waals surface area (Å²) in [6.07, 6.45) is 1.64. The Morgan fingerprint density at radius 2 is 2.10 bits per heavy atom. The molecule has 0 radical (unpaired) electrons. The first-order valence-electron chi connectivity index (χ1n) is 6.50. The van der Waals surface area contributed by atoms with Crippen molar-refractivity contribution in [2.45, 2.75) is 36.6 Å². The van der Waals surface area contributed by atoms with Crippen molar-refractivity contribution in [1.29, 1.82) is 0 Å². The fourth-order valence-electron chi connectivity index (χ4n) is 2.51. The summed E-state index contributed by atoms with van der Waals surface area (Å²) in [5.74, 6) is -1.80. The Bertz CT molecular complexity index is 629. The Morgan fingerprint density at radius 3 is 2.71 bits per heavy atom. The van der Waals surface area contributed by atoms with Gasteiger partial charge in [0.1, 0.15) is 5.82 Å². The predicted octanol–water partition coefficient (Wildman–Crippen LogP) is 2.50. The lowest BCUT2D eigenvalue weighted by atomic mass is 10.0. The number of halogens is 2. The van der Waals surface area contributed by atoms with Crippen LogP contribution in [0.25, 0.3) is 0 Å². The summed E-state index contributed by atoms with van der Waals surface area (Å²) in [5.41, 5.74) is 0. The van der Waals surface area contributed by atoms with Crippen LogP contribution in [0.2, 0.25) is 5.02 Å². The molecule has 0 aliphatic carbocycles. The first kappa shape index (κ1) is 16.2. The third-order valence-corrected chi connectivity index (χ3v) is 5.57. The number of aliphatic carboxylic acids is 1. The maximum atomic E-state index is 13.4. The second-order valence-corrected chi connectivity index (χ2v) is 7.30. The molecule has 0 amide bonds. The molecular formula is C13H15ClFNO4S. The maximum absolute atomic E-state index is 13.4. The molecule has 5 nitrogen and oxygen atoms in total. The molecule has 0 spiro atoms. The van der Waals surface area contributed by atoms with Crippen LogP contribution in [0.1, 0.15) is 25.7 Å². The molecule has 1 saturated heterocycles. The number of sulfonamides is 1.